The van der Waals surface area contributed by atoms with Crippen LogP contribution in [0.1, 0.15) is 35.2 Å². The standard InChI is InChI=1S/C16H19FN2/c1-4-12-10-19-8-7-14(12)16(18-3)13-5-6-15(17)11(2)9-13/h5-10,16,18H,4H2,1-3H3. The fourth-order valence-electron chi connectivity index (χ4n) is 2.36. The second-order valence-corrected chi connectivity index (χ2v) is 4.66. The highest BCUT2D eigenvalue weighted by Gasteiger charge is 2.15. The second kappa shape index (κ2) is 5.93. The molecule has 0 radical (unpaired) electrons. The van der Waals surface area contributed by atoms with Crippen molar-refractivity contribution in [3.8, 4) is 0 Å². The molecule has 1 unspecified atom stereocenters. The van der Waals surface area contributed by atoms with Gasteiger partial charge in [0, 0.05) is 12.4 Å². The van der Waals surface area contributed by atoms with Gasteiger partial charge in [0.1, 0.15) is 5.82 Å². The summed E-state index contributed by atoms with van der Waals surface area (Å²) in [6, 6.07) is 7.36. The van der Waals surface area contributed by atoms with E-state index >= 15 is 0 Å². The molecule has 1 aromatic heterocycles. The molecule has 3 heteroatoms. The number of rotatable bonds is 4. The number of hydrogen-bond donors (Lipinski definition) is 1. The van der Waals surface area contributed by atoms with Gasteiger partial charge in [-0.1, -0.05) is 19.1 Å². The molecule has 0 saturated carbocycles. The Morgan fingerprint density at radius 3 is 2.74 bits per heavy atom. The van der Waals surface area contributed by atoms with E-state index in [-0.39, 0.29) is 11.9 Å². The number of nitrogens with zero attached hydrogens (tertiary/aromatic N) is 1. The molecule has 1 heterocycles. The number of aryl methyl sites for hydroxylation is 2. The summed E-state index contributed by atoms with van der Waals surface area (Å²) >= 11 is 0. The van der Waals surface area contributed by atoms with E-state index in [0.29, 0.717) is 5.56 Å². The van der Waals surface area contributed by atoms with E-state index in [1.54, 1.807) is 13.1 Å². The molecule has 19 heavy (non-hydrogen) atoms. The monoisotopic (exact) mass is 258 g/mol. The van der Waals surface area contributed by atoms with Crippen LogP contribution in [0.2, 0.25) is 0 Å². The molecule has 0 fully saturated rings. The quantitative estimate of drug-likeness (QED) is 0.909. The van der Waals surface area contributed by atoms with Crippen LogP contribution in [0.3, 0.4) is 0 Å². The van der Waals surface area contributed by atoms with Gasteiger partial charge in [-0.05, 0) is 54.8 Å². The van der Waals surface area contributed by atoms with Crippen LogP contribution in [0.5, 0.6) is 0 Å². The maximum atomic E-state index is 13.4. The Balaban J connectivity index is 2.46. The lowest BCUT2D eigenvalue weighted by molar-refractivity contribution is 0.613. The van der Waals surface area contributed by atoms with Crippen LogP contribution in [0.4, 0.5) is 4.39 Å². The summed E-state index contributed by atoms with van der Waals surface area (Å²) in [5.74, 6) is -0.163. The predicted octanol–water partition coefficient (Wildman–Crippen LogP) is 3.40. The van der Waals surface area contributed by atoms with Crippen LogP contribution < -0.4 is 5.32 Å². The molecule has 1 N–H and O–H groups in total. The van der Waals surface area contributed by atoms with Crippen molar-refractivity contribution in [1.29, 1.82) is 0 Å². The van der Waals surface area contributed by atoms with Gasteiger partial charge in [0.2, 0.25) is 0 Å². The van der Waals surface area contributed by atoms with Crippen molar-refractivity contribution in [2.45, 2.75) is 26.3 Å². The number of aromatic nitrogens is 1. The minimum Gasteiger partial charge on any atom is -0.309 e. The Morgan fingerprint density at radius 1 is 1.32 bits per heavy atom. The molecular weight excluding hydrogens is 239 g/mol. The first-order valence-electron chi connectivity index (χ1n) is 6.53. The minimum atomic E-state index is -0.163. The van der Waals surface area contributed by atoms with Crippen LogP contribution in [0, 0.1) is 12.7 Å². The Labute approximate surface area is 113 Å². The first kappa shape index (κ1) is 13.7. The highest BCUT2D eigenvalue weighted by Crippen LogP contribution is 2.26. The average Bonchev–Trinajstić information content (AvgIpc) is 2.44. The average molecular weight is 258 g/mol. The summed E-state index contributed by atoms with van der Waals surface area (Å²) in [6.45, 7) is 3.90. The number of halogens is 1. The lowest BCUT2D eigenvalue weighted by atomic mass is 9.94. The van der Waals surface area contributed by atoms with Crippen LogP contribution in [-0.2, 0) is 6.42 Å². The summed E-state index contributed by atoms with van der Waals surface area (Å²) in [4.78, 5) is 4.17. The van der Waals surface area contributed by atoms with E-state index in [0.717, 1.165) is 12.0 Å². The van der Waals surface area contributed by atoms with Gasteiger partial charge in [0.25, 0.3) is 0 Å². The van der Waals surface area contributed by atoms with Crippen LogP contribution in [0.25, 0.3) is 0 Å². The molecule has 2 nitrogen and oxygen atoms in total. The third-order valence-corrected chi connectivity index (χ3v) is 3.44. The fraction of sp³-hybridized carbons (Fsp3) is 0.312. The number of pyridine rings is 1. The van der Waals surface area contributed by atoms with E-state index in [4.69, 9.17) is 0 Å². The number of nitrogens with one attached hydrogen (secondary N) is 1. The fourth-order valence-corrected chi connectivity index (χ4v) is 2.36. The predicted molar refractivity (Wildman–Crippen MR) is 75.7 cm³/mol. The summed E-state index contributed by atoms with van der Waals surface area (Å²) in [5.41, 5.74) is 4.15. The summed E-state index contributed by atoms with van der Waals surface area (Å²) in [7, 11) is 1.92. The van der Waals surface area contributed by atoms with Gasteiger partial charge in [0.15, 0.2) is 0 Å². The third-order valence-electron chi connectivity index (χ3n) is 3.44. The van der Waals surface area contributed by atoms with Gasteiger partial charge in [-0.2, -0.15) is 0 Å². The van der Waals surface area contributed by atoms with Gasteiger partial charge in [0.05, 0.1) is 6.04 Å². The van der Waals surface area contributed by atoms with Gasteiger partial charge < -0.3 is 5.32 Å². The maximum absolute atomic E-state index is 13.4. The van der Waals surface area contributed by atoms with E-state index in [1.807, 2.05) is 31.4 Å². The van der Waals surface area contributed by atoms with Gasteiger partial charge in [-0.15, -0.1) is 0 Å². The largest absolute Gasteiger partial charge is 0.309 e. The van der Waals surface area contributed by atoms with Gasteiger partial charge in [-0.25, -0.2) is 4.39 Å². The zero-order chi connectivity index (χ0) is 13.8. The first-order chi connectivity index (χ1) is 9.17. The van der Waals surface area contributed by atoms with Crippen molar-refractivity contribution in [2.75, 3.05) is 7.05 Å². The van der Waals surface area contributed by atoms with Crippen LogP contribution in [0.15, 0.2) is 36.7 Å². The zero-order valence-corrected chi connectivity index (χ0v) is 11.6. The zero-order valence-electron chi connectivity index (χ0n) is 11.6. The van der Waals surface area contributed by atoms with Crippen molar-refractivity contribution in [3.05, 3.63) is 64.7 Å². The molecule has 1 atom stereocenters. The molecule has 0 aliphatic rings. The summed E-state index contributed by atoms with van der Waals surface area (Å²) < 4.78 is 13.4. The number of benzene rings is 1. The number of hydrogen-bond acceptors (Lipinski definition) is 2. The Morgan fingerprint density at radius 2 is 2.11 bits per heavy atom. The van der Waals surface area contributed by atoms with Crippen molar-refractivity contribution < 1.29 is 4.39 Å². The Bertz CT molecular complexity index is 566. The molecule has 2 aromatic rings. The van der Waals surface area contributed by atoms with E-state index in [2.05, 4.69) is 17.2 Å². The molecule has 0 spiro atoms. The molecule has 0 aliphatic carbocycles. The van der Waals surface area contributed by atoms with Crippen molar-refractivity contribution in [1.82, 2.24) is 10.3 Å². The second-order valence-electron chi connectivity index (χ2n) is 4.66. The summed E-state index contributed by atoms with van der Waals surface area (Å²) in [5, 5.41) is 3.31. The van der Waals surface area contributed by atoms with Crippen molar-refractivity contribution >= 4 is 0 Å². The highest BCUT2D eigenvalue weighted by atomic mass is 19.1. The van der Waals surface area contributed by atoms with Crippen LogP contribution in [-0.4, -0.2) is 12.0 Å². The van der Waals surface area contributed by atoms with E-state index < -0.39 is 0 Å². The van der Waals surface area contributed by atoms with Gasteiger partial charge in [-0.3, -0.25) is 4.98 Å². The molecule has 0 saturated heterocycles. The SMILES string of the molecule is CCc1cnccc1C(NC)c1ccc(F)c(C)c1. The van der Waals surface area contributed by atoms with Crippen LogP contribution >= 0.6 is 0 Å². The third kappa shape index (κ3) is 2.82. The minimum absolute atomic E-state index is 0.0669. The lowest BCUT2D eigenvalue weighted by Gasteiger charge is -2.20. The topological polar surface area (TPSA) is 24.9 Å². The molecule has 0 aliphatic heterocycles. The molecule has 0 bridgehead atoms. The maximum Gasteiger partial charge on any atom is 0.126 e. The van der Waals surface area contributed by atoms with Gasteiger partial charge >= 0.3 is 0 Å². The molecule has 1 aromatic carbocycles. The molecule has 0 amide bonds. The highest BCUT2D eigenvalue weighted by molar-refractivity contribution is 5.37. The normalized spacial score (nSPS) is 12.4. The van der Waals surface area contributed by atoms with E-state index in [9.17, 15) is 4.39 Å². The molecular formula is C16H19FN2. The molecule has 2 rings (SSSR count). The summed E-state index contributed by atoms with van der Waals surface area (Å²) in [6.07, 6.45) is 4.63. The van der Waals surface area contributed by atoms with Crippen molar-refractivity contribution in [3.63, 3.8) is 0 Å². The molecule has 100 valence electrons. The lowest BCUT2D eigenvalue weighted by Crippen LogP contribution is -2.19. The first-order valence-corrected chi connectivity index (χ1v) is 6.53. The van der Waals surface area contributed by atoms with E-state index in [1.165, 1.54) is 17.2 Å². The Kier molecular flexibility index (Phi) is 4.27. The Hall–Kier alpha value is -1.74. The van der Waals surface area contributed by atoms with Crippen molar-refractivity contribution in [2.24, 2.45) is 0 Å². The smallest absolute Gasteiger partial charge is 0.126 e.